The summed E-state index contributed by atoms with van der Waals surface area (Å²) < 4.78 is 0. The molecule has 1 saturated carbocycles. The molecule has 1 aromatic rings. The average Bonchev–Trinajstić information content (AvgIpc) is 2.41. The van der Waals surface area contributed by atoms with Gasteiger partial charge in [0.25, 0.3) is 5.56 Å². The van der Waals surface area contributed by atoms with Crippen molar-refractivity contribution in [3.05, 3.63) is 27.9 Å². The molecule has 1 aliphatic carbocycles. The SMILES string of the molecule is CCC1CCCC(c2ncc(CNC)c(=O)[nH]2)C1. The van der Waals surface area contributed by atoms with Gasteiger partial charge < -0.3 is 10.3 Å². The van der Waals surface area contributed by atoms with Crippen LogP contribution in [0.25, 0.3) is 0 Å². The molecule has 1 heterocycles. The van der Waals surface area contributed by atoms with Crippen molar-refractivity contribution in [2.45, 2.75) is 51.5 Å². The minimum absolute atomic E-state index is 0.00738. The van der Waals surface area contributed by atoms with Crippen LogP contribution in [0.5, 0.6) is 0 Å². The van der Waals surface area contributed by atoms with Gasteiger partial charge in [0.1, 0.15) is 5.82 Å². The van der Waals surface area contributed by atoms with Crippen molar-refractivity contribution in [1.29, 1.82) is 0 Å². The second-order valence-corrected chi connectivity index (χ2v) is 5.29. The number of nitrogens with zero attached hydrogens (tertiary/aromatic N) is 1. The third kappa shape index (κ3) is 2.99. The summed E-state index contributed by atoms with van der Waals surface area (Å²) in [4.78, 5) is 19.3. The van der Waals surface area contributed by atoms with E-state index >= 15 is 0 Å². The Balaban J connectivity index is 2.13. The number of H-pyrrole nitrogens is 1. The van der Waals surface area contributed by atoms with Crippen molar-refractivity contribution in [3.63, 3.8) is 0 Å². The quantitative estimate of drug-likeness (QED) is 0.860. The first-order valence-corrected chi connectivity index (χ1v) is 6.97. The number of hydrogen-bond donors (Lipinski definition) is 2. The minimum atomic E-state index is 0.00738. The van der Waals surface area contributed by atoms with Crippen LogP contribution in [0.4, 0.5) is 0 Å². The third-order valence-corrected chi connectivity index (χ3v) is 4.01. The van der Waals surface area contributed by atoms with Crippen molar-refractivity contribution >= 4 is 0 Å². The molecule has 0 spiro atoms. The Hall–Kier alpha value is -1.16. The predicted octanol–water partition coefficient (Wildman–Crippen LogP) is 2.17. The molecule has 4 heteroatoms. The second-order valence-electron chi connectivity index (χ2n) is 5.29. The van der Waals surface area contributed by atoms with Gasteiger partial charge in [0, 0.05) is 24.2 Å². The van der Waals surface area contributed by atoms with Crippen LogP contribution in [0.1, 0.15) is 56.3 Å². The summed E-state index contributed by atoms with van der Waals surface area (Å²) in [5, 5.41) is 2.98. The molecule has 0 bridgehead atoms. The zero-order chi connectivity index (χ0) is 13.0. The fraction of sp³-hybridized carbons (Fsp3) is 0.714. The maximum absolute atomic E-state index is 11.9. The Kier molecular flexibility index (Phi) is 4.53. The molecule has 0 aromatic carbocycles. The zero-order valence-corrected chi connectivity index (χ0v) is 11.3. The largest absolute Gasteiger partial charge is 0.315 e. The van der Waals surface area contributed by atoms with Crippen LogP contribution in [0.2, 0.25) is 0 Å². The molecule has 1 aliphatic rings. The Labute approximate surface area is 108 Å². The van der Waals surface area contributed by atoms with E-state index in [4.69, 9.17) is 0 Å². The fourth-order valence-electron chi connectivity index (χ4n) is 2.87. The van der Waals surface area contributed by atoms with E-state index in [0.717, 1.165) is 18.2 Å². The summed E-state index contributed by atoms with van der Waals surface area (Å²) >= 11 is 0. The topological polar surface area (TPSA) is 57.8 Å². The summed E-state index contributed by atoms with van der Waals surface area (Å²) in [5.74, 6) is 2.13. The van der Waals surface area contributed by atoms with E-state index in [-0.39, 0.29) is 5.56 Å². The Morgan fingerprint density at radius 3 is 3.00 bits per heavy atom. The number of hydrogen-bond acceptors (Lipinski definition) is 3. The molecule has 2 atom stereocenters. The third-order valence-electron chi connectivity index (χ3n) is 4.01. The van der Waals surface area contributed by atoms with Gasteiger partial charge in [-0.05, 0) is 25.8 Å². The first-order valence-electron chi connectivity index (χ1n) is 6.97. The molecule has 0 amide bonds. The van der Waals surface area contributed by atoms with Crippen molar-refractivity contribution in [2.24, 2.45) is 5.92 Å². The summed E-state index contributed by atoms with van der Waals surface area (Å²) in [5.41, 5.74) is 0.720. The van der Waals surface area contributed by atoms with Gasteiger partial charge in [0.2, 0.25) is 0 Å². The average molecular weight is 249 g/mol. The highest BCUT2D eigenvalue weighted by atomic mass is 16.1. The number of aromatic amines is 1. The van der Waals surface area contributed by atoms with Crippen molar-refractivity contribution < 1.29 is 0 Å². The first kappa shape index (κ1) is 13.3. The first-order chi connectivity index (χ1) is 8.74. The van der Waals surface area contributed by atoms with E-state index < -0.39 is 0 Å². The van der Waals surface area contributed by atoms with Crippen LogP contribution in [0, 0.1) is 5.92 Å². The molecule has 4 nitrogen and oxygen atoms in total. The summed E-state index contributed by atoms with van der Waals surface area (Å²) in [6, 6.07) is 0. The summed E-state index contributed by atoms with van der Waals surface area (Å²) in [6.07, 6.45) is 7.87. The van der Waals surface area contributed by atoms with Gasteiger partial charge in [-0.25, -0.2) is 4.98 Å². The second kappa shape index (κ2) is 6.14. The summed E-state index contributed by atoms with van der Waals surface area (Å²) in [6.45, 7) is 2.82. The zero-order valence-electron chi connectivity index (χ0n) is 11.3. The van der Waals surface area contributed by atoms with Gasteiger partial charge in [-0.1, -0.05) is 26.2 Å². The lowest BCUT2D eigenvalue weighted by Gasteiger charge is -2.27. The highest BCUT2D eigenvalue weighted by Crippen LogP contribution is 2.35. The van der Waals surface area contributed by atoms with E-state index in [1.807, 2.05) is 7.05 Å². The van der Waals surface area contributed by atoms with Crippen LogP contribution >= 0.6 is 0 Å². The molecule has 100 valence electrons. The monoisotopic (exact) mass is 249 g/mol. The Bertz CT molecular complexity index is 441. The van der Waals surface area contributed by atoms with Crippen LogP contribution in [-0.2, 0) is 6.54 Å². The lowest BCUT2D eigenvalue weighted by atomic mass is 9.80. The molecule has 2 unspecified atom stereocenters. The van der Waals surface area contributed by atoms with Gasteiger partial charge in [-0.15, -0.1) is 0 Å². The Morgan fingerprint density at radius 1 is 1.50 bits per heavy atom. The van der Waals surface area contributed by atoms with E-state index in [0.29, 0.717) is 18.0 Å². The highest BCUT2D eigenvalue weighted by molar-refractivity contribution is 5.08. The molecule has 0 saturated heterocycles. The lowest BCUT2D eigenvalue weighted by molar-refractivity contribution is 0.306. The van der Waals surface area contributed by atoms with Crippen molar-refractivity contribution in [3.8, 4) is 0 Å². The molecule has 1 fully saturated rings. The van der Waals surface area contributed by atoms with Crippen LogP contribution in [0.3, 0.4) is 0 Å². The van der Waals surface area contributed by atoms with Crippen molar-refractivity contribution in [1.82, 2.24) is 15.3 Å². The molecule has 0 aliphatic heterocycles. The summed E-state index contributed by atoms with van der Waals surface area (Å²) in [7, 11) is 1.83. The normalized spacial score (nSPS) is 24.1. The van der Waals surface area contributed by atoms with Gasteiger partial charge in [0.15, 0.2) is 0 Å². The molecule has 1 aromatic heterocycles. The molecule has 2 rings (SSSR count). The molecule has 2 N–H and O–H groups in total. The number of aromatic nitrogens is 2. The number of nitrogens with one attached hydrogen (secondary N) is 2. The molecular weight excluding hydrogens is 226 g/mol. The fourth-order valence-corrected chi connectivity index (χ4v) is 2.87. The van der Waals surface area contributed by atoms with Gasteiger partial charge in [0.05, 0.1) is 0 Å². The smallest absolute Gasteiger partial charge is 0.255 e. The van der Waals surface area contributed by atoms with Crippen LogP contribution in [0.15, 0.2) is 11.0 Å². The van der Waals surface area contributed by atoms with E-state index in [2.05, 4.69) is 22.2 Å². The van der Waals surface area contributed by atoms with Crippen LogP contribution < -0.4 is 10.9 Å². The maximum Gasteiger partial charge on any atom is 0.255 e. The van der Waals surface area contributed by atoms with E-state index in [1.165, 1.54) is 25.7 Å². The van der Waals surface area contributed by atoms with Crippen molar-refractivity contribution in [2.75, 3.05) is 7.05 Å². The molecule has 18 heavy (non-hydrogen) atoms. The highest BCUT2D eigenvalue weighted by Gasteiger charge is 2.23. The van der Waals surface area contributed by atoms with Gasteiger partial charge in [-0.2, -0.15) is 0 Å². The molecule has 0 radical (unpaired) electrons. The van der Waals surface area contributed by atoms with E-state index in [9.17, 15) is 4.79 Å². The standard InChI is InChI=1S/C14H23N3O/c1-3-10-5-4-6-11(7-10)13-16-9-12(8-15-2)14(18)17-13/h9-11,15H,3-8H2,1-2H3,(H,16,17,18). The van der Waals surface area contributed by atoms with Crippen LogP contribution in [-0.4, -0.2) is 17.0 Å². The Morgan fingerprint density at radius 2 is 2.33 bits per heavy atom. The predicted molar refractivity (Wildman–Crippen MR) is 72.6 cm³/mol. The minimum Gasteiger partial charge on any atom is -0.315 e. The lowest BCUT2D eigenvalue weighted by Crippen LogP contribution is -2.23. The van der Waals surface area contributed by atoms with Gasteiger partial charge in [-0.3, -0.25) is 4.79 Å². The molecular formula is C14H23N3O. The van der Waals surface area contributed by atoms with Gasteiger partial charge >= 0.3 is 0 Å². The maximum atomic E-state index is 11.9. The number of rotatable bonds is 4. The van der Waals surface area contributed by atoms with E-state index in [1.54, 1.807) is 6.20 Å².